The van der Waals surface area contributed by atoms with Crippen molar-refractivity contribution >= 4 is 29.2 Å². The van der Waals surface area contributed by atoms with Gasteiger partial charge in [0.1, 0.15) is 16.4 Å². The Hall–Kier alpha value is -3.18. The molecule has 25 heavy (non-hydrogen) atoms. The second-order valence-electron chi connectivity index (χ2n) is 5.18. The van der Waals surface area contributed by atoms with Gasteiger partial charge in [-0.05, 0) is 59.5 Å². The number of hydrogen-bond acceptors (Lipinski definition) is 5. The van der Waals surface area contributed by atoms with Gasteiger partial charge < -0.3 is 9.84 Å². The van der Waals surface area contributed by atoms with Crippen LogP contribution in [0.4, 0.5) is 0 Å². The fourth-order valence-corrected chi connectivity index (χ4v) is 2.73. The number of benzene rings is 2. The average Bonchev–Trinajstić information content (AvgIpc) is 3.15. The number of ether oxygens (including phenoxy) is 1. The summed E-state index contributed by atoms with van der Waals surface area (Å²) in [6.07, 6.45) is 3.06. The summed E-state index contributed by atoms with van der Waals surface area (Å²) in [5.74, 6) is -0.0734. The largest absolute Gasteiger partial charge is 0.508 e. The van der Waals surface area contributed by atoms with Crippen LogP contribution in [0.15, 0.2) is 72.1 Å². The Balaban J connectivity index is 1.65. The van der Waals surface area contributed by atoms with Crippen LogP contribution in [0.3, 0.4) is 0 Å². The fourth-order valence-electron chi connectivity index (χ4n) is 2.14. The Morgan fingerprint density at radius 3 is 2.48 bits per heavy atom. The Morgan fingerprint density at radius 1 is 1.00 bits per heavy atom. The SMILES string of the molecule is O=C(/C=C/c1cccc(O)c1)c1ccc(OC(=O)c2cccs2)cc1. The van der Waals surface area contributed by atoms with Gasteiger partial charge in [0.15, 0.2) is 5.78 Å². The van der Waals surface area contributed by atoms with Gasteiger partial charge >= 0.3 is 5.97 Å². The number of aromatic hydroxyl groups is 1. The first-order valence-corrected chi connectivity index (χ1v) is 8.37. The predicted molar refractivity (Wildman–Crippen MR) is 97.2 cm³/mol. The van der Waals surface area contributed by atoms with Crippen LogP contribution in [0.1, 0.15) is 25.6 Å². The summed E-state index contributed by atoms with van der Waals surface area (Å²) >= 11 is 1.31. The topological polar surface area (TPSA) is 63.6 Å². The number of phenols is 1. The van der Waals surface area contributed by atoms with Crippen LogP contribution in [0.2, 0.25) is 0 Å². The predicted octanol–water partition coefficient (Wildman–Crippen LogP) is 4.57. The van der Waals surface area contributed by atoms with E-state index < -0.39 is 5.97 Å². The molecule has 5 heteroatoms. The molecule has 0 saturated carbocycles. The van der Waals surface area contributed by atoms with E-state index in [4.69, 9.17) is 4.74 Å². The highest BCUT2D eigenvalue weighted by Crippen LogP contribution is 2.17. The molecule has 4 nitrogen and oxygen atoms in total. The zero-order valence-corrected chi connectivity index (χ0v) is 13.9. The van der Waals surface area contributed by atoms with Crippen molar-refractivity contribution in [2.45, 2.75) is 0 Å². The highest BCUT2D eigenvalue weighted by molar-refractivity contribution is 7.12. The zero-order chi connectivity index (χ0) is 17.6. The summed E-state index contributed by atoms with van der Waals surface area (Å²) in [6, 6.07) is 16.5. The lowest BCUT2D eigenvalue weighted by atomic mass is 10.1. The third kappa shape index (κ3) is 4.43. The Kier molecular flexibility index (Phi) is 5.06. The number of carbonyl (C=O) groups is 2. The third-order valence-corrected chi connectivity index (χ3v) is 4.22. The van der Waals surface area contributed by atoms with E-state index in [9.17, 15) is 14.7 Å². The zero-order valence-electron chi connectivity index (χ0n) is 13.1. The van der Waals surface area contributed by atoms with E-state index in [2.05, 4.69) is 0 Å². The second kappa shape index (κ2) is 7.59. The molecule has 0 radical (unpaired) electrons. The van der Waals surface area contributed by atoms with Gasteiger partial charge in [-0.3, -0.25) is 4.79 Å². The lowest BCUT2D eigenvalue weighted by Crippen LogP contribution is -2.06. The van der Waals surface area contributed by atoms with Crippen LogP contribution in [0.25, 0.3) is 6.08 Å². The second-order valence-corrected chi connectivity index (χ2v) is 6.13. The van der Waals surface area contributed by atoms with Crippen molar-refractivity contribution in [2.24, 2.45) is 0 Å². The number of rotatable bonds is 5. The summed E-state index contributed by atoms with van der Waals surface area (Å²) in [5, 5.41) is 11.2. The number of phenolic OH excluding ortho intramolecular Hbond substituents is 1. The molecule has 0 unspecified atom stereocenters. The molecule has 0 aliphatic rings. The van der Waals surface area contributed by atoms with Crippen molar-refractivity contribution < 1.29 is 19.4 Å². The molecule has 0 aliphatic carbocycles. The minimum atomic E-state index is -0.419. The molecule has 3 rings (SSSR count). The van der Waals surface area contributed by atoms with Crippen LogP contribution in [-0.2, 0) is 0 Å². The summed E-state index contributed by atoms with van der Waals surface area (Å²) in [6.45, 7) is 0. The van der Waals surface area contributed by atoms with Crippen LogP contribution >= 0.6 is 11.3 Å². The molecule has 1 heterocycles. The molecule has 1 N–H and O–H groups in total. The van der Waals surface area contributed by atoms with Crippen LogP contribution in [0, 0.1) is 0 Å². The Labute approximate surface area is 148 Å². The van der Waals surface area contributed by atoms with E-state index in [-0.39, 0.29) is 11.5 Å². The van der Waals surface area contributed by atoms with Crippen LogP contribution < -0.4 is 4.74 Å². The van der Waals surface area contributed by atoms with Gasteiger partial charge in [-0.2, -0.15) is 0 Å². The lowest BCUT2D eigenvalue weighted by Gasteiger charge is -2.03. The number of carbonyl (C=O) groups excluding carboxylic acids is 2. The van der Waals surface area contributed by atoms with Gasteiger partial charge in [-0.15, -0.1) is 11.3 Å². The van der Waals surface area contributed by atoms with E-state index >= 15 is 0 Å². The number of allylic oxidation sites excluding steroid dienone is 1. The quantitative estimate of drug-likeness (QED) is 0.317. The minimum absolute atomic E-state index is 0.145. The van der Waals surface area contributed by atoms with E-state index in [1.807, 2.05) is 0 Å². The van der Waals surface area contributed by atoms with E-state index in [1.54, 1.807) is 72.1 Å². The first-order valence-electron chi connectivity index (χ1n) is 7.49. The number of thiophene rings is 1. The molecule has 0 bridgehead atoms. The van der Waals surface area contributed by atoms with Crippen LogP contribution in [0.5, 0.6) is 11.5 Å². The van der Waals surface area contributed by atoms with Crippen molar-refractivity contribution in [3.05, 3.63) is 88.1 Å². The van der Waals surface area contributed by atoms with Gasteiger partial charge in [0.25, 0.3) is 0 Å². The van der Waals surface area contributed by atoms with Gasteiger partial charge in [-0.1, -0.05) is 24.3 Å². The lowest BCUT2D eigenvalue weighted by molar-refractivity contribution is 0.0740. The smallest absolute Gasteiger partial charge is 0.353 e. The minimum Gasteiger partial charge on any atom is -0.508 e. The molecule has 0 atom stereocenters. The maximum atomic E-state index is 12.2. The molecule has 1 aromatic heterocycles. The molecule has 0 aliphatic heterocycles. The number of hydrogen-bond donors (Lipinski definition) is 1. The first-order chi connectivity index (χ1) is 12.1. The molecule has 0 saturated heterocycles. The Morgan fingerprint density at radius 2 is 1.80 bits per heavy atom. The normalized spacial score (nSPS) is 10.7. The van der Waals surface area contributed by atoms with E-state index in [0.717, 1.165) is 5.56 Å². The molecule has 3 aromatic rings. The average molecular weight is 350 g/mol. The molecule has 0 spiro atoms. The van der Waals surface area contributed by atoms with E-state index in [1.165, 1.54) is 17.4 Å². The van der Waals surface area contributed by atoms with Crippen molar-refractivity contribution in [1.29, 1.82) is 0 Å². The maximum Gasteiger partial charge on any atom is 0.353 e. The van der Waals surface area contributed by atoms with Crippen molar-refractivity contribution in [2.75, 3.05) is 0 Å². The summed E-state index contributed by atoms with van der Waals surface area (Å²) < 4.78 is 5.25. The molecule has 124 valence electrons. The molecule has 2 aromatic carbocycles. The number of esters is 1. The highest BCUT2D eigenvalue weighted by atomic mass is 32.1. The fraction of sp³-hybridized carbons (Fsp3) is 0. The third-order valence-electron chi connectivity index (χ3n) is 3.37. The van der Waals surface area contributed by atoms with Gasteiger partial charge in [0.05, 0.1) is 0 Å². The number of ketones is 1. The van der Waals surface area contributed by atoms with Crippen molar-refractivity contribution in [3.63, 3.8) is 0 Å². The monoisotopic (exact) mass is 350 g/mol. The first kappa shape index (κ1) is 16.7. The highest BCUT2D eigenvalue weighted by Gasteiger charge is 2.10. The van der Waals surface area contributed by atoms with Gasteiger partial charge in [-0.25, -0.2) is 4.79 Å². The van der Waals surface area contributed by atoms with E-state index in [0.29, 0.717) is 16.2 Å². The summed E-state index contributed by atoms with van der Waals surface area (Å²) in [4.78, 5) is 24.6. The van der Waals surface area contributed by atoms with Crippen LogP contribution in [-0.4, -0.2) is 16.9 Å². The van der Waals surface area contributed by atoms with Crippen molar-refractivity contribution in [1.82, 2.24) is 0 Å². The standard InChI is InChI=1S/C20H14O4S/c21-16-4-1-3-14(13-16)6-11-18(22)15-7-9-17(10-8-15)24-20(23)19-5-2-12-25-19/h1-13,21H/b11-6+. The molecular weight excluding hydrogens is 336 g/mol. The summed E-state index contributed by atoms with van der Waals surface area (Å²) in [5.41, 5.74) is 1.21. The summed E-state index contributed by atoms with van der Waals surface area (Å²) in [7, 11) is 0. The molecular formula is C20H14O4S. The molecule has 0 fully saturated rings. The molecule has 0 amide bonds. The van der Waals surface area contributed by atoms with Gasteiger partial charge in [0.2, 0.25) is 0 Å². The Bertz CT molecular complexity index is 909. The maximum absolute atomic E-state index is 12.2. The van der Waals surface area contributed by atoms with Crippen molar-refractivity contribution in [3.8, 4) is 11.5 Å². The van der Waals surface area contributed by atoms with Gasteiger partial charge in [0, 0.05) is 5.56 Å².